The molecule has 0 spiro atoms. The fourth-order valence-corrected chi connectivity index (χ4v) is 2.51. The Hall–Kier alpha value is -2.68. The monoisotopic (exact) mass is 357 g/mol. The third-order valence-electron chi connectivity index (χ3n) is 3.46. The topological polar surface area (TPSA) is 122 Å². The summed E-state index contributed by atoms with van der Waals surface area (Å²) in [7, 11) is -4.94. The van der Waals surface area contributed by atoms with Crippen molar-refractivity contribution in [2.45, 2.75) is 0 Å². The number of aromatic nitrogens is 3. The molecule has 2 aromatic carbocycles. The predicted octanol–water partition coefficient (Wildman–Crippen LogP) is -1.72. The second-order valence-electron chi connectivity index (χ2n) is 5.04. The van der Waals surface area contributed by atoms with Crippen LogP contribution < -0.4 is 23.2 Å². The Labute approximate surface area is 144 Å². The van der Waals surface area contributed by atoms with Crippen LogP contribution in [0.15, 0.2) is 73.1 Å². The van der Waals surface area contributed by atoms with Gasteiger partial charge in [-0.1, -0.05) is 42.5 Å². The molecule has 0 aliphatic heterocycles. The molecular weight excluding hydrogens is 346 g/mol. The fourth-order valence-electron chi connectivity index (χ4n) is 2.51. The lowest BCUT2D eigenvalue weighted by atomic mass is 10.1. The van der Waals surface area contributed by atoms with Crippen molar-refractivity contribution in [3.8, 4) is 11.3 Å². The van der Waals surface area contributed by atoms with E-state index >= 15 is 0 Å². The number of benzene rings is 2. The van der Waals surface area contributed by atoms with E-state index in [1.807, 2.05) is 34.8 Å². The molecule has 0 radical (unpaired) electrons. The van der Waals surface area contributed by atoms with Crippen LogP contribution >= 0.6 is 0 Å². The molecule has 126 valence electrons. The molecule has 0 aliphatic rings. The van der Waals surface area contributed by atoms with Crippen LogP contribution in [0.4, 0.5) is 0 Å². The van der Waals surface area contributed by atoms with Gasteiger partial charge < -0.3 is 0 Å². The number of nitrogens with zero attached hydrogens (tertiary/aromatic N) is 3. The first kappa shape index (κ1) is 17.2. The highest BCUT2D eigenvalue weighted by Crippen LogP contribution is 2.20. The van der Waals surface area contributed by atoms with Gasteiger partial charge in [0.1, 0.15) is 5.69 Å². The molecule has 7 nitrogen and oxygen atoms in total. The Balaban J connectivity index is 0.000000324. The van der Waals surface area contributed by atoms with Crippen molar-refractivity contribution in [2.24, 2.45) is 0 Å². The molecule has 0 N–H and O–H groups in total. The highest BCUT2D eigenvalue weighted by atomic mass is 35.7. The van der Waals surface area contributed by atoms with E-state index < -0.39 is 10.2 Å². The maximum Gasteiger partial charge on any atom is 0.264 e. The Morgan fingerprint density at radius 1 is 0.720 bits per heavy atom. The number of fused-ring (bicyclic) bond motifs is 3. The van der Waals surface area contributed by atoms with Gasteiger partial charge in [0.2, 0.25) is 5.52 Å². The van der Waals surface area contributed by atoms with Gasteiger partial charge in [0.25, 0.3) is 5.52 Å². The maximum absolute atomic E-state index is 8.49. The van der Waals surface area contributed by atoms with Gasteiger partial charge in [0.05, 0.1) is 0 Å². The van der Waals surface area contributed by atoms with Crippen LogP contribution in [0.2, 0.25) is 0 Å². The molecule has 0 saturated carbocycles. The molecule has 0 amide bonds. The summed E-state index contributed by atoms with van der Waals surface area (Å²) in [5.74, 6) is 0. The first-order valence-corrected chi connectivity index (χ1v) is 8.39. The lowest BCUT2D eigenvalue weighted by molar-refractivity contribution is -2.00. The van der Waals surface area contributed by atoms with Gasteiger partial charge in [0.15, 0.2) is 6.33 Å². The van der Waals surface area contributed by atoms with Crippen LogP contribution in [-0.2, 0) is 0 Å². The quantitative estimate of drug-likeness (QED) is 0.295. The van der Waals surface area contributed by atoms with E-state index in [1.165, 1.54) is 5.39 Å². The Kier molecular flexibility index (Phi) is 4.84. The number of hydrogen-bond acceptors (Lipinski definition) is 6. The summed E-state index contributed by atoms with van der Waals surface area (Å²) in [5, 5.41) is 5.57. The molecule has 2 heterocycles. The Bertz CT molecular complexity index is 1000. The SMILES string of the molecule is [O-][Cl+3]([O-])([O-])[O-].c1ccc(-c2ncn[n+]3c2ccc2ccccc23)cc1. The highest BCUT2D eigenvalue weighted by molar-refractivity contribution is 5.81. The smallest absolute Gasteiger partial charge is 0.223 e. The highest BCUT2D eigenvalue weighted by Gasteiger charge is 2.16. The van der Waals surface area contributed by atoms with Gasteiger partial charge in [-0.05, 0) is 16.6 Å². The molecule has 2 aromatic heterocycles. The summed E-state index contributed by atoms with van der Waals surface area (Å²) < 4.78 is 35.9. The zero-order valence-electron chi connectivity index (χ0n) is 12.8. The summed E-state index contributed by atoms with van der Waals surface area (Å²) in [6.07, 6.45) is 1.61. The third-order valence-corrected chi connectivity index (χ3v) is 3.46. The molecule has 0 aliphatic carbocycles. The van der Waals surface area contributed by atoms with Gasteiger partial charge >= 0.3 is 0 Å². The van der Waals surface area contributed by atoms with Crippen molar-refractivity contribution in [3.05, 3.63) is 73.1 Å². The van der Waals surface area contributed by atoms with Crippen LogP contribution in [0, 0.1) is 10.2 Å². The first-order chi connectivity index (χ1) is 11.9. The summed E-state index contributed by atoms with van der Waals surface area (Å²) in [5.41, 5.74) is 4.15. The van der Waals surface area contributed by atoms with Gasteiger partial charge in [-0.25, -0.2) is 23.6 Å². The molecule has 0 atom stereocenters. The second kappa shape index (κ2) is 7.06. The average molecular weight is 358 g/mol. The van der Waals surface area contributed by atoms with Crippen molar-refractivity contribution >= 4 is 16.4 Å². The normalized spacial score (nSPS) is 11.2. The average Bonchev–Trinajstić information content (AvgIpc) is 2.60. The molecule has 25 heavy (non-hydrogen) atoms. The van der Waals surface area contributed by atoms with Gasteiger partial charge in [-0.2, -0.15) is 0 Å². The van der Waals surface area contributed by atoms with E-state index in [0.717, 1.165) is 22.3 Å². The maximum atomic E-state index is 8.49. The number of halogens is 1. The van der Waals surface area contributed by atoms with E-state index in [-0.39, 0.29) is 0 Å². The van der Waals surface area contributed by atoms with Gasteiger partial charge in [-0.15, -0.1) is 10.2 Å². The van der Waals surface area contributed by atoms with E-state index in [4.69, 9.17) is 18.6 Å². The number of para-hydroxylation sites is 1. The van der Waals surface area contributed by atoms with Crippen LogP contribution in [0.5, 0.6) is 0 Å². The molecule has 0 fully saturated rings. The van der Waals surface area contributed by atoms with Crippen LogP contribution in [-0.4, -0.2) is 10.1 Å². The minimum Gasteiger partial charge on any atom is -0.223 e. The van der Waals surface area contributed by atoms with Crippen LogP contribution in [0.3, 0.4) is 0 Å². The molecule has 0 bridgehead atoms. The van der Waals surface area contributed by atoms with Gasteiger partial charge in [0, 0.05) is 28.2 Å². The van der Waals surface area contributed by atoms with E-state index in [9.17, 15) is 0 Å². The molecule has 4 aromatic rings. The minimum absolute atomic E-state index is 0.950. The lowest BCUT2D eigenvalue weighted by Gasteiger charge is -2.17. The van der Waals surface area contributed by atoms with E-state index in [2.05, 4.69) is 46.5 Å². The van der Waals surface area contributed by atoms with Crippen molar-refractivity contribution in [2.75, 3.05) is 0 Å². The van der Waals surface area contributed by atoms with Crippen molar-refractivity contribution < 1.29 is 33.4 Å². The summed E-state index contributed by atoms with van der Waals surface area (Å²) in [6, 6.07) is 22.6. The molecule has 4 rings (SSSR count). The van der Waals surface area contributed by atoms with Crippen molar-refractivity contribution in [1.29, 1.82) is 0 Å². The van der Waals surface area contributed by atoms with E-state index in [1.54, 1.807) is 6.33 Å². The Morgan fingerprint density at radius 3 is 2.08 bits per heavy atom. The largest absolute Gasteiger partial charge is 0.264 e. The van der Waals surface area contributed by atoms with Crippen LogP contribution in [0.25, 0.3) is 27.7 Å². The van der Waals surface area contributed by atoms with E-state index in [0.29, 0.717) is 0 Å². The standard InChI is InChI=1S/C17H12N3.ClHO4/c1-2-7-14(8-3-1)17-16-11-10-13-6-4-5-9-15(13)20(16)19-12-18-17;2-1(3,4)5/h1-12H;(H,2,3,4,5)/q+1;/p-1. The number of rotatable bonds is 1. The third kappa shape index (κ3) is 4.24. The molecule has 0 saturated heterocycles. The van der Waals surface area contributed by atoms with Crippen molar-refractivity contribution in [3.63, 3.8) is 0 Å². The number of hydrogen-bond donors (Lipinski definition) is 0. The second-order valence-corrected chi connectivity index (χ2v) is 5.80. The van der Waals surface area contributed by atoms with Gasteiger partial charge in [-0.3, -0.25) is 0 Å². The molecule has 0 unspecified atom stereocenters. The number of pyridine rings is 1. The first-order valence-electron chi connectivity index (χ1n) is 7.15. The summed E-state index contributed by atoms with van der Waals surface area (Å²) >= 11 is 0. The molecule has 8 heteroatoms. The summed E-state index contributed by atoms with van der Waals surface area (Å²) in [6.45, 7) is 0. The fraction of sp³-hybridized carbons (Fsp3) is 0. The van der Waals surface area contributed by atoms with Crippen LogP contribution in [0.1, 0.15) is 0 Å². The molecular formula is C17H12ClN3O4. The lowest BCUT2D eigenvalue weighted by Crippen LogP contribution is -2.68. The van der Waals surface area contributed by atoms with Crippen molar-refractivity contribution in [1.82, 2.24) is 10.1 Å². The summed E-state index contributed by atoms with van der Waals surface area (Å²) in [4.78, 5) is 4.45. The minimum atomic E-state index is -4.94. The predicted molar refractivity (Wildman–Crippen MR) is 78.1 cm³/mol. The zero-order valence-corrected chi connectivity index (χ0v) is 13.5. The zero-order chi connectivity index (χ0) is 17.9. The Morgan fingerprint density at radius 2 is 1.36 bits per heavy atom.